The quantitative estimate of drug-likeness (QED) is 0.679. The molecule has 3 fully saturated rings. The molecule has 1 saturated carbocycles. The first-order valence-corrected chi connectivity index (χ1v) is 11.1. The number of carbonyl (C=O) groups is 1. The Balaban J connectivity index is 1.43. The average molecular weight is 417 g/mol. The molecular formula is C22H32N4O4. The molecule has 30 heavy (non-hydrogen) atoms. The lowest BCUT2D eigenvalue weighted by atomic mass is 9.78. The number of fused-ring (bicyclic) bond motifs is 4. The molecule has 3 N–H and O–H groups in total. The Kier molecular flexibility index (Phi) is 5.82. The third kappa shape index (κ3) is 4.14. The summed E-state index contributed by atoms with van der Waals surface area (Å²) in [6, 6.07) is 7.28. The third-order valence-electron chi connectivity index (χ3n) is 6.92. The number of cyclic esters (lactones) is 1. The molecule has 4 unspecified atom stereocenters. The Labute approximate surface area is 177 Å². The summed E-state index contributed by atoms with van der Waals surface area (Å²) in [5.74, 6) is 0.487. The Bertz CT molecular complexity index is 770. The topological polar surface area (TPSA) is 84.1 Å². The molecule has 1 aliphatic carbocycles. The summed E-state index contributed by atoms with van der Waals surface area (Å²) in [5.41, 5.74) is 10.5. The smallest absolute Gasteiger partial charge is 0.407 e. The molecule has 4 aliphatic rings. The molecule has 3 aliphatic heterocycles. The van der Waals surface area contributed by atoms with Crippen LogP contribution >= 0.6 is 0 Å². The van der Waals surface area contributed by atoms with E-state index in [0.717, 1.165) is 50.0 Å². The highest BCUT2D eigenvalue weighted by Gasteiger charge is 2.41. The van der Waals surface area contributed by atoms with Crippen molar-refractivity contribution in [2.45, 2.75) is 56.6 Å². The number of nitrogens with one attached hydrogen (secondary N) is 3. The van der Waals surface area contributed by atoms with Crippen molar-refractivity contribution < 1.29 is 19.0 Å². The van der Waals surface area contributed by atoms with E-state index in [2.05, 4.69) is 39.3 Å². The van der Waals surface area contributed by atoms with Crippen molar-refractivity contribution >= 4 is 11.8 Å². The number of alkyl carbamates (subject to hydrolysis) is 1. The predicted molar refractivity (Wildman–Crippen MR) is 112 cm³/mol. The lowest BCUT2D eigenvalue weighted by Crippen LogP contribution is -2.52. The largest absolute Gasteiger partial charge is 0.445 e. The number of methoxy groups -OCH3 is 1. The van der Waals surface area contributed by atoms with Gasteiger partial charge in [0.15, 0.2) is 0 Å². The number of amides is 1. The highest BCUT2D eigenvalue weighted by atomic mass is 16.5. The van der Waals surface area contributed by atoms with Crippen LogP contribution in [0, 0.1) is 5.92 Å². The summed E-state index contributed by atoms with van der Waals surface area (Å²) in [5, 5.41) is 2.83. The summed E-state index contributed by atoms with van der Waals surface area (Å²) < 4.78 is 17.1. The van der Waals surface area contributed by atoms with Crippen LogP contribution in [-0.2, 0) is 20.8 Å². The number of anilines is 1. The van der Waals surface area contributed by atoms with Crippen LogP contribution in [0.3, 0.4) is 0 Å². The summed E-state index contributed by atoms with van der Waals surface area (Å²) in [6.07, 6.45) is 4.24. The lowest BCUT2D eigenvalue weighted by molar-refractivity contribution is 0.00716. The van der Waals surface area contributed by atoms with E-state index in [9.17, 15) is 4.79 Å². The van der Waals surface area contributed by atoms with Gasteiger partial charge in [0, 0.05) is 45.1 Å². The maximum atomic E-state index is 12.1. The maximum Gasteiger partial charge on any atom is 0.407 e. The number of hydrazine groups is 1. The number of hydrogen-bond acceptors (Lipinski definition) is 7. The van der Waals surface area contributed by atoms with Crippen molar-refractivity contribution in [1.82, 2.24) is 16.2 Å². The molecule has 0 spiro atoms. The van der Waals surface area contributed by atoms with E-state index in [0.29, 0.717) is 25.1 Å². The van der Waals surface area contributed by atoms with Crippen LogP contribution in [0.5, 0.6) is 0 Å². The molecule has 5 rings (SSSR count). The molecule has 3 heterocycles. The first kappa shape index (κ1) is 20.1. The van der Waals surface area contributed by atoms with Crippen molar-refractivity contribution in [1.29, 1.82) is 0 Å². The van der Waals surface area contributed by atoms with E-state index in [1.165, 1.54) is 5.56 Å². The zero-order valence-electron chi connectivity index (χ0n) is 17.6. The second-order valence-corrected chi connectivity index (χ2v) is 8.89. The Morgan fingerprint density at radius 1 is 1.17 bits per heavy atom. The van der Waals surface area contributed by atoms with Gasteiger partial charge in [-0.25, -0.2) is 10.2 Å². The average Bonchev–Trinajstić information content (AvgIpc) is 3.14. The molecule has 8 nitrogen and oxygen atoms in total. The SMILES string of the molecule is COC1CN(c2cc3cc(c2)C2NNC4CCC(CC42)OCCCNC(=O)OC3)C1. The van der Waals surface area contributed by atoms with Crippen LogP contribution in [-0.4, -0.2) is 57.7 Å². The van der Waals surface area contributed by atoms with E-state index in [4.69, 9.17) is 14.2 Å². The van der Waals surface area contributed by atoms with Crippen LogP contribution in [0.1, 0.15) is 42.9 Å². The molecular weight excluding hydrogens is 384 g/mol. The van der Waals surface area contributed by atoms with E-state index in [1.807, 2.05) is 0 Å². The Hall–Kier alpha value is -1.87. The van der Waals surface area contributed by atoms with Gasteiger partial charge in [0.05, 0.1) is 18.2 Å². The first-order valence-electron chi connectivity index (χ1n) is 11.1. The van der Waals surface area contributed by atoms with Crippen molar-refractivity contribution in [2.75, 3.05) is 38.3 Å². The zero-order chi connectivity index (χ0) is 20.5. The number of nitrogens with zero attached hydrogens (tertiary/aromatic N) is 1. The zero-order valence-corrected chi connectivity index (χ0v) is 17.6. The van der Waals surface area contributed by atoms with Crippen molar-refractivity contribution in [3.05, 3.63) is 29.3 Å². The van der Waals surface area contributed by atoms with E-state index >= 15 is 0 Å². The third-order valence-corrected chi connectivity index (χ3v) is 6.92. The number of hydrogen-bond donors (Lipinski definition) is 3. The lowest BCUT2D eigenvalue weighted by Gasteiger charge is -2.40. The van der Waals surface area contributed by atoms with E-state index < -0.39 is 0 Å². The van der Waals surface area contributed by atoms with Gasteiger partial charge in [0.25, 0.3) is 0 Å². The molecule has 2 saturated heterocycles. The van der Waals surface area contributed by atoms with Crippen LogP contribution in [0.15, 0.2) is 18.2 Å². The van der Waals surface area contributed by atoms with Gasteiger partial charge in [-0.1, -0.05) is 6.07 Å². The minimum absolute atomic E-state index is 0.221. The summed E-state index contributed by atoms with van der Waals surface area (Å²) in [6.45, 7) is 3.28. The normalized spacial score (nSPS) is 32.4. The van der Waals surface area contributed by atoms with Gasteiger partial charge in [0.2, 0.25) is 0 Å². The number of carbonyl (C=O) groups excluding carboxylic acids is 1. The summed E-state index contributed by atoms with van der Waals surface area (Å²) >= 11 is 0. The molecule has 164 valence electrons. The van der Waals surface area contributed by atoms with Gasteiger partial charge in [-0.15, -0.1) is 0 Å². The molecule has 1 aromatic carbocycles. The minimum Gasteiger partial charge on any atom is -0.445 e. The maximum absolute atomic E-state index is 12.1. The van der Waals surface area contributed by atoms with Gasteiger partial charge in [-0.05, 0) is 54.9 Å². The van der Waals surface area contributed by atoms with Gasteiger partial charge in [-0.2, -0.15) is 0 Å². The van der Waals surface area contributed by atoms with Gasteiger partial charge in [-0.3, -0.25) is 5.43 Å². The molecule has 4 bridgehead atoms. The Morgan fingerprint density at radius 2 is 2.07 bits per heavy atom. The highest BCUT2D eigenvalue weighted by Crippen LogP contribution is 2.40. The van der Waals surface area contributed by atoms with E-state index in [1.54, 1.807) is 7.11 Å². The van der Waals surface area contributed by atoms with Gasteiger partial charge in [0.1, 0.15) is 6.61 Å². The highest BCUT2D eigenvalue weighted by molar-refractivity contribution is 5.67. The van der Waals surface area contributed by atoms with Crippen LogP contribution in [0.4, 0.5) is 10.5 Å². The van der Waals surface area contributed by atoms with Crippen molar-refractivity contribution in [3.8, 4) is 0 Å². The Morgan fingerprint density at radius 3 is 2.93 bits per heavy atom. The van der Waals surface area contributed by atoms with Crippen LogP contribution in [0.2, 0.25) is 0 Å². The molecule has 0 radical (unpaired) electrons. The van der Waals surface area contributed by atoms with Crippen LogP contribution in [0.25, 0.3) is 0 Å². The second kappa shape index (κ2) is 8.70. The van der Waals surface area contributed by atoms with Crippen LogP contribution < -0.4 is 21.1 Å². The molecule has 8 heteroatoms. The summed E-state index contributed by atoms with van der Waals surface area (Å²) in [7, 11) is 1.76. The van der Waals surface area contributed by atoms with Crippen molar-refractivity contribution in [3.63, 3.8) is 0 Å². The fourth-order valence-corrected chi connectivity index (χ4v) is 5.15. The molecule has 1 aromatic rings. The van der Waals surface area contributed by atoms with E-state index in [-0.39, 0.29) is 30.9 Å². The number of benzene rings is 1. The molecule has 4 atom stereocenters. The first-order chi connectivity index (χ1) is 14.7. The number of rotatable bonds is 2. The number of ether oxygens (including phenoxy) is 3. The monoisotopic (exact) mass is 416 g/mol. The minimum atomic E-state index is -0.375. The summed E-state index contributed by atoms with van der Waals surface area (Å²) in [4.78, 5) is 14.4. The second-order valence-electron chi connectivity index (χ2n) is 8.89. The van der Waals surface area contributed by atoms with Gasteiger partial charge < -0.3 is 24.4 Å². The standard InChI is InChI=1S/C22H32N4O4/c1-28-18-11-26(12-18)16-8-14-7-15(9-16)21-19-10-17(3-4-20(19)24-25-21)29-6-2-5-23-22(27)30-13-14/h7-9,17-21,24-25H,2-6,10-13H2,1H3,(H,23,27). The predicted octanol–water partition coefficient (Wildman–Crippen LogP) is 1.85. The fraction of sp³-hybridized carbons (Fsp3) is 0.682. The fourth-order valence-electron chi connectivity index (χ4n) is 5.15. The van der Waals surface area contributed by atoms with Gasteiger partial charge >= 0.3 is 6.09 Å². The van der Waals surface area contributed by atoms with Crippen molar-refractivity contribution in [2.24, 2.45) is 5.92 Å². The molecule has 1 amide bonds. The molecule has 0 aromatic heterocycles.